The molecule has 24 heavy (non-hydrogen) atoms. The smallest absolute Gasteiger partial charge is 0.338 e. The molecule has 1 aliphatic rings. The number of aromatic nitrogens is 3. The van der Waals surface area contributed by atoms with Crippen LogP contribution in [0.15, 0.2) is 24.4 Å². The molecule has 0 spiro atoms. The van der Waals surface area contributed by atoms with Gasteiger partial charge in [-0.25, -0.2) is 9.78 Å². The monoisotopic (exact) mass is 324 g/mol. The summed E-state index contributed by atoms with van der Waals surface area (Å²) in [5, 5.41) is 4.21. The lowest BCUT2D eigenvalue weighted by Gasteiger charge is -2.08. The predicted octanol–water partition coefficient (Wildman–Crippen LogP) is 3.17. The first-order valence-corrected chi connectivity index (χ1v) is 8.24. The summed E-state index contributed by atoms with van der Waals surface area (Å²) >= 11 is 0. The minimum Gasteiger partial charge on any atom is -0.465 e. The molecule has 0 fully saturated rings. The van der Waals surface area contributed by atoms with Crippen LogP contribution in [0.4, 0.5) is 5.69 Å². The lowest BCUT2D eigenvalue weighted by Crippen LogP contribution is -2.05. The highest BCUT2D eigenvalue weighted by Crippen LogP contribution is 2.25. The average Bonchev–Trinajstić information content (AvgIpc) is 3.24. The first-order chi connectivity index (χ1) is 11.7. The maximum atomic E-state index is 12.0. The van der Waals surface area contributed by atoms with E-state index in [0.717, 1.165) is 35.3 Å². The Hall–Kier alpha value is -2.76. The number of nitrogens with one attached hydrogen (secondary N) is 3. The first kappa shape index (κ1) is 14.8. The summed E-state index contributed by atoms with van der Waals surface area (Å²) in [5.41, 5.74) is 4.79. The Balaban J connectivity index is 1.58. The van der Waals surface area contributed by atoms with Crippen molar-refractivity contribution in [2.24, 2.45) is 0 Å². The molecule has 0 unspecified atom stereocenters. The lowest BCUT2D eigenvalue weighted by atomic mass is 10.0. The third kappa shape index (κ3) is 2.64. The number of hydrogen-bond donors (Lipinski definition) is 3. The molecular formula is C18H20N4O2. The number of aryl methyl sites for hydroxylation is 2. The number of fused-ring (bicyclic) bond motifs is 2. The molecule has 0 aliphatic heterocycles. The highest BCUT2D eigenvalue weighted by molar-refractivity contribution is 6.05. The third-order valence-corrected chi connectivity index (χ3v) is 4.54. The van der Waals surface area contributed by atoms with Crippen molar-refractivity contribution in [3.63, 3.8) is 0 Å². The van der Waals surface area contributed by atoms with Crippen LogP contribution < -0.4 is 5.32 Å². The van der Waals surface area contributed by atoms with Crippen LogP contribution in [0.2, 0.25) is 0 Å². The van der Waals surface area contributed by atoms with Crippen LogP contribution in [0, 0.1) is 0 Å². The summed E-state index contributed by atoms with van der Waals surface area (Å²) < 4.78 is 4.89. The number of anilines is 1. The summed E-state index contributed by atoms with van der Waals surface area (Å²) in [5.74, 6) is 0.602. The fourth-order valence-electron chi connectivity index (χ4n) is 3.33. The summed E-state index contributed by atoms with van der Waals surface area (Å²) in [6, 6.07) is 5.70. The molecule has 0 saturated heterocycles. The van der Waals surface area contributed by atoms with Gasteiger partial charge in [0.1, 0.15) is 5.82 Å². The number of carbonyl (C=O) groups is 1. The van der Waals surface area contributed by atoms with Crippen molar-refractivity contribution < 1.29 is 9.53 Å². The van der Waals surface area contributed by atoms with Crippen molar-refractivity contribution in [1.29, 1.82) is 0 Å². The molecular weight excluding hydrogens is 304 g/mol. The second kappa shape index (κ2) is 6.03. The number of H-pyrrole nitrogens is 2. The number of hydrogen-bond acceptors (Lipinski definition) is 4. The third-order valence-electron chi connectivity index (χ3n) is 4.54. The van der Waals surface area contributed by atoms with Crippen LogP contribution in [-0.4, -0.2) is 28.0 Å². The number of carbonyl (C=O) groups excluding carboxylic acids is 1. The van der Waals surface area contributed by atoms with Gasteiger partial charge in [-0.15, -0.1) is 0 Å². The van der Waals surface area contributed by atoms with Gasteiger partial charge in [-0.1, -0.05) is 0 Å². The summed E-state index contributed by atoms with van der Waals surface area (Å²) in [7, 11) is 1.40. The van der Waals surface area contributed by atoms with Gasteiger partial charge in [0.25, 0.3) is 0 Å². The Morgan fingerprint density at radius 3 is 3.04 bits per heavy atom. The normalized spacial score (nSPS) is 13.7. The van der Waals surface area contributed by atoms with Gasteiger partial charge < -0.3 is 20.0 Å². The number of aromatic amines is 2. The van der Waals surface area contributed by atoms with E-state index in [-0.39, 0.29) is 5.97 Å². The predicted molar refractivity (Wildman–Crippen MR) is 92.2 cm³/mol. The molecule has 4 rings (SSSR count). The van der Waals surface area contributed by atoms with Crippen molar-refractivity contribution >= 4 is 22.6 Å². The number of methoxy groups -OCH3 is 1. The number of esters is 1. The van der Waals surface area contributed by atoms with Crippen molar-refractivity contribution in [3.05, 3.63) is 47.2 Å². The molecule has 1 aliphatic carbocycles. The summed E-state index contributed by atoms with van der Waals surface area (Å²) in [6.07, 6.45) is 6.42. The van der Waals surface area contributed by atoms with Crippen molar-refractivity contribution in [3.8, 4) is 0 Å². The molecule has 2 heterocycles. The highest BCUT2D eigenvalue weighted by atomic mass is 16.5. The second-order valence-corrected chi connectivity index (χ2v) is 6.12. The zero-order valence-corrected chi connectivity index (χ0v) is 13.6. The molecule has 124 valence electrons. The largest absolute Gasteiger partial charge is 0.465 e. The van der Waals surface area contributed by atoms with Crippen LogP contribution in [-0.2, 0) is 24.1 Å². The van der Waals surface area contributed by atoms with E-state index in [2.05, 4.69) is 20.3 Å². The maximum Gasteiger partial charge on any atom is 0.338 e. The van der Waals surface area contributed by atoms with Crippen LogP contribution in [0.1, 0.15) is 40.4 Å². The van der Waals surface area contributed by atoms with E-state index in [4.69, 9.17) is 4.74 Å². The van der Waals surface area contributed by atoms with E-state index in [9.17, 15) is 4.79 Å². The Kier molecular flexibility index (Phi) is 3.72. The van der Waals surface area contributed by atoms with E-state index in [0.29, 0.717) is 12.1 Å². The van der Waals surface area contributed by atoms with E-state index < -0.39 is 0 Å². The molecule has 2 aromatic heterocycles. The fraction of sp³-hybridized carbons (Fsp3) is 0.333. The second-order valence-electron chi connectivity index (χ2n) is 6.12. The number of ether oxygens (including phenoxy) is 1. The number of benzene rings is 1. The van der Waals surface area contributed by atoms with Crippen LogP contribution in [0.5, 0.6) is 0 Å². The zero-order valence-electron chi connectivity index (χ0n) is 13.6. The van der Waals surface area contributed by atoms with Gasteiger partial charge >= 0.3 is 5.97 Å². The molecule has 3 aromatic rings. The Morgan fingerprint density at radius 2 is 2.21 bits per heavy atom. The van der Waals surface area contributed by atoms with E-state index in [1.54, 1.807) is 0 Å². The topological polar surface area (TPSA) is 82.8 Å². The minimum atomic E-state index is -0.336. The van der Waals surface area contributed by atoms with Gasteiger partial charge in [0.05, 0.1) is 24.9 Å². The molecule has 6 heteroatoms. The average molecular weight is 324 g/mol. The van der Waals surface area contributed by atoms with Gasteiger partial charge in [0.15, 0.2) is 0 Å². The quantitative estimate of drug-likeness (QED) is 0.644. The van der Waals surface area contributed by atoms with Crippen molar-refractivity contribution in [1.82, 2.24) is 15.0 Å². The summed E-state index contributed by atoms with van der Waals surface area (Å²) in [6.45, 7) is 0.597. The van der Waals surface area contributed by atoms with Gasteiger partial charge in [0.2, 0.25) is 0 Å². The van der Waals surface area contributed by atoms with E-state index in [1.807, 2.05) is 24.4 Å². The molecule has 0 saturated carbocycles. The zero-order chi connectivity index (χ0) is 16.5. The van der Waals surface area contributed by atoms with Crippen LogP contribution in [0.3, 0.4) is 0 Å². The Bertz CT molecular complexity index is 870. The number of nitrogens with zero attached hydrogens (tertiary/aromatic N) is 1. The van der Waals surface area contributed by atoms with E-state index in [1.165, 1.54) is 31.3 Å². The van der Waals surface area contributed by atoms with Crippen LogP contribution >= 0.6 is 0 Å². The molecule has 1 aromatic carbocycles. The number of rotatable bonds is 4. The minimum absolute atomic E-state index is 0.336. The van der Waals surface area contributed by atoms with Crippen molar-refractivity contribution in [2.75, 3.05) is 12.4 Å². The lowest BCUT2D eigenvalue weighted by molar-refractivity contribution is 0.0603. The molecule has 0 atom stereocenters. The molecule has 0 radical (unpaired) electrons. The van der Waals surface area contributed by atoms with E-state index >= 15 is 0 Å². The van der Waals surface area contributed by atoms with Gasteiger partial charge in [0, 0.05) is 28.5 Å². The van der Waals surface area contributed by atoms with Gasteiger partial charge in [-0.3, -0.25) is 0 Å². The van der Waals surface area contributed by atoms with Gasteiger partial charge in [-0.05, 0) is 43.9 Å². The standard InChI is InChI=1S/C18H20N4O2/c1-24-18(23)13-8-11(9-16-12(13)6-7-19-16)20-10-17-21-14-4-2-3-5-15(14)22-17/h6-9,19-20H,2-5,10H2,1H3,(H,21,22). The van der Waals surface area contributed by atoms with Gasteiger partial charge in [-0.2, -0.15) is 0 Å². The molecule has 3 N–H and O–H groups in total. The Morgan fingerprint density at radius 1 is 1.33 bits per heavy atom. The summed E-state index contributed by atoms with van der Waals surface area (Å²) in [4.78, 5) is 23.2. The van der Waals surface area contributed by atoms with Crippen LogP contribution in [0.25, 0.3) is 10.9 Å². The fourth-order valence-corrected chi connectivity index (χ4v) is 3.33. The van der Waals surface area contributed by atoms with Crippen molar-refractivity contribution in [2.45, 2.75) is 32.2 Å². The maximum absolute atomic E-state index is 12.0. The number of imidazole rings is 1. The molecule has 6 nitrogen and oxygen atoms in total. The highest BCUT2D eigenvalue weighted by Gasteiger charge is 2.15. The molecule has 0 bridgehead atoms. The Labute approximate surface area is 139 Å². The molecule has 0 amide bonds. The SMILES string of the molecule is COC(=O)c1cc(NCc2nc3c([nH]2)CCCC3)cc2[nH]ccc12. The first-order valence-electron chi connectivity index (χ1n) is 8.24.